The largest absolute Gasteiger partial charge is 0.399 e. The van der Waals surface area contributed by atoms with Gasteiger partial charge in [0.15, 0.2) is 0 Å². The fraction of sp³-hybridized carbons (Fsp3) is 0.200. The number of nitrogen functional groups attached to an aromatic ring is 1. The molecule has 20 heavy (non-hydrogen) atoms. The Labute approximate surface area is 119 Å². The van der Waals surface area contributed by atoms with Crippen molar-refractivity contribution in [2.75, 3.05) is 12.8 Å². The van der Waals surface area contributed by atoms with E-state index < -0.39 is 10.0 Å². The van der Waals surface area contributed by atoms with Crippen LogP contribution in [0.25, 0.3) is 0 Å². The Morgan fingerprint density at radius 2 is 1.65 bits per heavy atom. The van der Waals surface area contributed by atoms with E-state index in [1.165, 1.54) is 16.4 Å². The summed E-state index contributed by atoms with van der Waals surface area (Å²) in [6.45, 7) is 2.32. The summed E-state index contributed by atoms with van der Waals surface area (Å²) < 4.78 is 26.2. The number of aryl methyl sites for hydroxylation is 1. The van der Waals surface area contributed by atoms with E-state index >= 15 is 0 Å². The van der Waals surface area contributed by atoms with Crippen LogP contribution in [0.2, 0.25) is 0 Å². The standard InChI is InChI=1S/C15H18N2O2S/c1-12-5-3-4-6-13(12)11-17(2)20(18,19)15-9-7-14(16)8-10-15/h3-10H,11,16H2,1-2H3. The van der Waals surface area contributed by atoms with E-state index in [1.54, 1.807) is 19.2 Å². The summed E-state index contributed by atoms with van der Waals surface area (Å²) in [5, 5.41) is 0. The summed E-state index contributed by atoms with van der Waals surface area (Å²) in [7, 11) is -1.91. The van der Waals surface area contributed by atoms with Gasteiger partial charge in [-0.3, -0.25) is 0 Å². The lowest BCUT2D eigenvalue weighted by Crippen LogP contribution is -2.26. The Morgan fingerprint density at radius 1 is 1.05 bits per heavy atom. The second-order valence-electron chi connectivity index (χ2n) is 4.76. The summed E-state index contributed by atoms with van der Waals surface area (Å²) in [4.78, 5) is 0.253. The van der Waals surface area contributed by atoms with Gasteiger partial charge in [0, 0.05) is 19.3 Å². The number of hydrogen-bond acceptors (Lipinski definition) is 3. The second-order valence-corrected chi connectivity index (χ2v) is 6.80. The minimum atomic E-state index is -3.49. The van der Waals surface area contributed by atoms with E-state index in [0.717, 1.165) is 11.1 Å². The zero-order chi connectivity index (χ0) is 14.8. The molecule has 0 aliphatic rings. The third kappa shape index (κ3) is 3.00. The highest BCUT2D eigenvalue weighted by atomic mass is 32.2. The number of sulfonamides is 1. The van der Waals surface area contributed by atoms with Crippen LogP contribution in [-0.4, -0.2) is 19.8 Å². The van der Waals surface area contributed by atoms with E-state index in [2.05, 4.69) is 0 Å². The maximum atomic E-state index is 12.4. The average Bonchev–Trinajstić information content (AvgIpc) is 2.41. The predicted octanol–water partition coefficient (Wildman–Crippen LogP) is 2.40. The van der Waals surface area contributed by atoms with Gasteiger partial charge in [0.05, 0.1) is 4.90 Å². The third-order valence-corrected chi connectivity index (χ3v) is 5.06. The van der Waals surface area contributed by atoms with Crippen molar-refractivity contribution in [3.05, 3.63) is 59.7 Å². The van der Waals surface area contributed by atoms with Crippen molar-refractivity contribution in [3.8, 4) is 0 Å². The normalized spacial score (nSPS) is 11.8. The molecular weight excluding hydrogens is 272 g/mol. The summed E-state index contributed by atoms with van der Waals surface area (Å²) in [6.07, 6.45) is 0. The molecular formula is C15H18N2O2S. The van der Waals surface area contributed by atoms with Crippen molar-refractivity contribution in [1.29, 1.82) is 0 Å². The first-order valence-corrected chi connectivity index (χ1v) is 7.71. The van der Waals surface area contributed by atoms with Crippen LogP contribution < -0.4 is 5.73 Å². The highest BCUT2D eigenvalue weighted by molar-refractivity contribution is 7.89. The molecule has 0 radical (unpaired) electrons. The van der Waals surface area contributed by atoms with Crippen LogP contribution in [0.15, 0.2) is 53.4 Å². The topological polar surface area (TPSA) is 63.4 Å². The van der Waals surface area contributed by atoms with E-state index in [0.29, 0.717) is 12.2 Å². The summed E-state index contributed by atoms with van der Waals surface area (Å²) >= 11 is 0. The zero-order valence-electron chi connectivity index (χ0n) is 11.6. The van der Waals surface area contributed by atoms with Crippen molar-refractivity contribution >= 4 is 15.7 Å². The predicted molar refractivity (Wildman–Crippen MR) is 80.7 cm³/mol. The quantitative estimate of drug-likeness (QED) is 0.879. The molecule has 5 heteroatoms. The number of nitrogens with zero attached hydrogens (tertiary/aromatic N) is 1. The first kappa shape index (κ1) is 14.6. The number of rotatable bonds is 4. The van der Waals surface area contributed by atoms with E-state index in [1.807, 2.05) is 31.2 Å². The third-order valence-electron chi connectivity index (χ3n) is 3.24. The Balaban J connectivity index is 2.26. The maximum absolute atomic E-state index is 12.4. The van der Waals surface area contributed by atoms with Gasteiger partial charge < -0.3 is 5.73 Å². The van der Waals surface area contributed by atoms with Gasteiger partial charge in [-0.15, -0.1) is 0 Å². The molecule has 0 fully saturated rings. The van der Waals surface area contributed by atoms with Crippen molar-refractivity contribution in [2.24, 2.45) is 0 Å². The fourth-order valence-electron chi connectivity index (χ4n) is 1.93. The molecule has 106 valence electrons. The molecule has 0 saturated carbocycles. The number of nitrogens with two attached hydrogens (primary N) is 1. The number of anilines is 1. The van der Waals surface area contributed by atoms with Crippen LogP contribution in [0.5, 0.6) is 0 Å². The molecule has 0 unspecified atom stereocenters. The van der Waals surface area contributed by atoms with Crippen LogP contribution in [-0.2, 0) is 16.6 Å². The lowest BCUT2D eigenvalue weighted by Gasteiger charge is -2.18. The molecule has 4 nitrogen and oxygen atoms in total. The summed E-state index contributed by atoms with van der Waals surface area (Å²) in [5.41, 5.74) is 8.20. The molecule has 0 bridgehead atoms. The minimum absolute atomic E-state index is 0.253. The van der Waals surface area contributed by atoms with Gasteiger partial charge in [0.2, 0.25) is 10.0 Å². The Kier molecular flexibility index (Phi) is 4.11. The van der Waals surface area contributed by atoms with E-state index in [4.69, 9.17) is 5.73 Å². The smallest absolute Gasteiger partial charge is 0.243 e. The first-order valence-electron chi connectivity index (χ1n) is 6.27. The van der Waals surface area contributed by atoms with Gasteiger partial charge >= 0.3 is 0 Å². The van der Waals surface area contributed by atoms with Gasteiger partial charge in [-0.2, -0.15) is 4.31 Å². The molecule has 0 aliphatic heterocycles. The minimum Gasteiger partial charge on any atom is -0.399 e. The highest BCUT2D eigenvalue weighted by Gasteiger charge is 2.21. The Hall–Kier alpha value is -1.85. The van der Waals surface area contributed by atoms with Crippen LogP contribution in [0.4, 0.5) is 5.69 Å². The molecule has 2 aromatic carbocycles. The molecule has 0 aromatic heterocycles. The molecule has 0 atom stereocenters. The molecule has 2 aromatic rings. The number of hydrogen-bond donors (Lipinski definition) is 1. The van der Waals surface area contributed by atoms with Crippen LogP contribution in [0, 0.1) is 6.92 Å². The van der Waals surface area contributed by atoms with Crippen molar-refractivity contribution in [2.45, 2.75) is 18.4 Å². The van der Waals surface area contributed by atoms with Gasteiger partial charge in [-0.05, 0) is 42.3 Å². The molecule has 2 rings (SSSR count). The van der Waals surface area contributed by atoms with Crippen molar-refractivity contribution in [1.82, 2.24) is 4.31 Å². The lowest BCUT2D eigenvalue weighted by atomic mass is 10.1. The van der Waals surface area contributed by atoms with Crippen molar-refractivity contribution in [3.63, 3.8) is 0 Å². The Morgan fingerprint density at radius 3 is 2.25 bits per heavy atom. The van der Waals surface area contributed by atoms with E-state index in [9.17, 15) is 8.42 Å². The molecule has 0 heterocycles. The van der Waals surface area contributed by atoms with Gasteiger partial charge in [0.1, 0.15) is 0 Å². The van der Waals surface area contributed by atoms with Crippen LogP contribution >= 0.6 is 0 Å². The number of benzene rings is 2. The van der Waals surface area contributed by atoms with E-state index in [-0.39, 0.29) is 4.90 Å². The monoisotopic (exact) mass is 290 g/mol. The van der Waals surface area contributed by atoms with Crippen LogP contribution in [0.3, 0.4) is 0 Å². The highest BCUT2D eigenvalue weighted by Crippen LogP contribution is 2.19. The molecule has 0 spiro atoms. The maximum Gasteiger partial charge on any atom is 0.243 e. The second kappa shape index (κ2) is 5.64. The molecule has 0 aliphatic carbocycles. The van der Waals surface area contributed by atoms with Gasteiger partial charge in [-0.1, -0.05) is 24.3 Å². The summed E-state index contributed by atoms with van der Waals surface area (Å²) in [6, 6.07) is 14.0. The molecule has 0 amide bonds. The van der Waals surface area contributed by atoms with Gasteiger partial charge in [-0.25, -0.2) is 8.42 Å². The van der Waals surface area contributed by atoms with Gasteiger partial charge in [0.25, 0.3) is 0 Å². The Bertz CT molecular complexity index is 694. The molecule has 2 N–H and O–H groups in total. The fourth-order valence-corrected chi connectivity index (χ4v) is 3.08. The molecule has 0 saturated heterocycles. The first-order chi connectivity index (χ1) is 9.41. The SMILES string of the molecule is Cc1ccccc1CN(C)S(=O)(=O)c1ccc(N)cc1. The van der Waals surface area contributed by atoms with Crippen LogP contribution in [0.1, 0.15) is 11.1 Å². The lowest BCUT2D eigenvalue weighted by molar-refractivity contribution is 0.466. The average molecular weight is 290 g/mol. The zero-order valence-corrected chi connectivity index (χ0v) is 12.4. The summed E-state index contributed by atoms with van der Waals surface area (Å²) in [5.74, 6) is 0. The van der Waals surface area contributed by atoms with Crippen molar-refractivity contribution < 1.29 is 8.42 Å².